The summed E-state index contributed by atoms with van der Waals surface area (Å²) in [6.45, 7) is 7.59. The van der Waals surface area contributed by atoms with E-state index in [4.69, 9.17) is 12.2 Å². The molecular weight excluding hydrogens is 330 g/mol. The van der Waals surface area contributed by atoms with Crippen LogP contribution in [0.1, 0.15) is 18.1 Å². The minimum absolute atomic E-state index is 0.673. The SMILES string of the molecule is C/C(=N/NC(=S)N1CCN(c2ccccn2)CC1)c1ccc(C)cc1. The van der Waals surface area contributed by atoms with Gasteiger partial charge in [0.1, 0.15) is 5.82 Å². The molecule has 1 aliphatic rings. The third-order valence-electron chi connectivity index (χ3n) is 4.33. The molecule has 1 aromatic carbocycles. The van der Waals surface area contributed by atoms with Gasteiger partial charge in [0.25, 0.3) is 0 Å². The molecule has 0 spiro atoms. The van der Waals surface area contributed by atoms with Gasteiger partial charge in [-0.2, -0.15) is 5.10 Å². The molecule has 3 rings (SSSR count). The highest BCUT2D eigenvalue weighted by atomic mass is 32.1. The lowest BCUT2D eigenvalue weighted by Crippen LogP contribution is -2.51. The Morgan fingerprint density at radius 2 is 1.80 bits per heavy atom. The Labute approximate surface area is 154 Å². The third-order valence-corrected chi connectivity index (χ3v) is 4.68. The zero-order valence-electron chi connectivity index (χ0n) is 14.6. The van der Waals surface area contributed by atoms with Crippen molar-refractivity contribution >= 4 is 28.9 Å². The molecular formula is C19H23N5S. The Morgan fingerprint density at radius 1 is 1.08 bits per heavy atom. The first-order valence-electron chi connectivity index (χ1n) is 8.46. The molecule has 0 radical (unpaired) electrons. The molecule has 6 heteroatoms. The van der Waals surface area contributed by atoms with Gasteiger partial charge in [0.2, 0.25) is 0 Å². The maximum absolute atomic E-state index is 5.49. The predicted molar refractivity (Wildman–Crippen MR) is 107 cm³/mol. The average molecular weight is 353 g/mol. The van der Waals surface area contributed by atoms with Gasteiger partial charge in [0.15, 0.2) is 5.11 Å². The van der Waals surface area contributed by atoms with Crippen molar-refractivity contribution in [3.05, 3.63) is 59.8 Å². The second kappa shape index (κ2) is 8.07. The highest BCUT2D eigenvalue weighted by molar-refractivity contribution is 7.80. The number of nitrogens with zero attached hydrogens (tertiary/aromatic N) is 4. The summed E-state index contributed by atoms with van der Waals surface area (Å²) in [6.07, 6.45) is 1.83. The van der Waals surface area contributed by atoms with E-state index < -0.39 is 0 Å². The molecule has 0 amide bonds. The van der Waals surface area contributed by atoms with Crippen molar-refractivity contribution in [3.63, 3.8) is 0 Å². The molecule has 1 saturated heterocycles. The summed E-state index contributed by atoms with van der Waals surface area (Å²) in [5, 5.41) is 5.11. The summed E-state index contributed by atoms with van der Waals surface area (Å²) in [5.74, 6) is 1.02. The van der Waals surface area contributed by atoms with Crippen LogP contribution in [0.2, 0.25) is 0 Å². The van der Waals surface area contributed by atoms with Crippen LogP contribution < -0.4 is 10.3 Å². The van der Waals surface area contributed by atoms with E-state index in [0.717, 1.165) is 43.3 Å². The van der Waals surface area contributed by atoms with Crippen molar-refractivity contribution in [2.24, 2.45) is 5.10 Å². The van der Waals surface area contributed by atoms with Crippen LogP contribution in [0.5, 0.6) is 0 Å². The van der Waals surface area contributed by atoms with E-state index in [2.05, 4.69) is 56.5 Å². The number of hydrazone groups is 1. The van der Waals surface area contributed by atoms with E-state index in [0.29, 0.717) is 5.11 Å². The first-order chi connectivity index (χ1) is 12.1. The normalized spacial score (nSPS) is 15.2. The molecule has 2 heterocycles. The fourth-order valence-electron chi connectivity index (χ4n) is 2.74. The summed E-state index contributed by atoms with van der Waals surface area (Å²) in [5.41, 5.74) is 6.30. The Hall–Kier alpha value is -2.47. The summed E-state index contributed by atoms with van der Waals surface area (Å²) in [4.78, 5) is 8.84. The van der Waals surface area contributed by atoms with E-state index >= 15 is 0 Å². The van der Waals surface area contributed by atoms with E-state index in [1.54, 1.807) is 0 Å². The van der Waals surface area contributed by atoms with Crippen molar-refractivity contribution in [2.75, 3.05) is 31.1 Å². The number of rotatable bonds is 3. The summed E-state index contributed by atoms with van der Waals surface area (Å²) >= 11 is 5.49. The van der Waals surface area contributed by atoms with Crippen LogP contribution >= 0.6 is 12.2 Å². The van der Waals surface area contributed by atoms with Crippen LogP contribution in [-0.2, 0) is 0 Å². The van der Waals surface area contributed by atoms with E-state index in [9.17, 15) is 0 Å². The van der Waals surface area contributed by atoms with Gasteiger partial charge in [-0.1, -0.05) is 35.9 Å². The second-order valence-corrected chi connectivity index (χ2v) is 6.53. The number of benzene rings is 1. The second-order valence-electron chi connectivity index (χ2n) is 6.14. The van der Waals surface area contributed by atoms with E-state index in [1.165, 1.54) is 5.56 Å². The fourth-order valence-corrected chi connectivity index (χ4v) is 2.97. The van der Waals surface area contributed by atoms with Crippen molar-refractivity contribution < 1.29 is 0 Å². The first-order valence-corrected chi connectivity index (χ1v) is 8.86. The summed E-state index contributed by atoms with van der Waals surface area (Å²) < 4.78 is 0. The standard InChI is InChI=1S/C19H23N5S/c1-15-6-8-17(9-7-15)16(2)21-22-19(25)24-13-11-23(12-14-24)18-5-3-4-10-20-18/h3-10H,11-14H2,1-2H3,(H,22,25)/b21-16-. The average Bonchev–Trinajstić information content (AvgIpc) is 2.67. The van der Waals surface area contributed by atoms with E-state index in [-0.39, 0.29) is 0 Å². The molecule has 1 aromatic heterocycles. The predicted octanol–water partition coefficient (Wildman–Crippen LogP) is 2.81. The number of hydrogen-bond acceptors (Lipinski definition) is 4. The summed E-state index contributed by atoms with van der Waals surface area (Å²) in [7, 11) is 0. The first kappa shape index (κ1) is 17.4. The van der Waals surface area contributed by atoms with Crippen molar-refractivity contribution in [3.8, 4) is 0 Å². The molecule has 1 fully saturated rings. The van der Waals surface area contributed by atoms with Gasteiger partial charge < -0.3 is 9.80 Å². The maximum atomic E-state index is 5.49. The Bertz CT molecular complexity index is 734. The number of piperazine rings is 1. The number of hydrogen-bond donors (Lipinski definition) is 1. The van der Waals surface area contributed by atoms with Crippen molar-refractivity contribution in [1.82, 2.24) is 15.3 Å². The van der Waals surface area contributed by atoms with Gasteiger partial charge >= 0.3 is 0 Å². The molecule has 5 nitrogen and oxygen atoms in total. The van der Waals surface area contributed by atoms with Gasteiger partial charge in [-0.3, -0.25) is 5.43 Å². The number of aryl methyl sites for hydroxylation is 1. The topological polar surface area (TPSA) is 43.8 Å². The number of aromatic nitrogens is 1. The quantitative estimate of drug-likeness (QED) is 0.522. The molecule has 1 N–H and O–H groups in total. The molecule has 0 saturated carbocycles. The zero-order valence-corrected chi connectivity index (χ0v) is 15.5. The van der Waals surface area contributed by atoms with Gasteiger partial charge in [-0.25, -0.2) is 4.98 Å². The minimum atomic E-state index is 0.673. The molecule has 1 aliphatic heterocycles. The molecule has 0 aliphatic carbocycles. The van der Waals surface area contributed by atoms with Crippen molar-refractivity contribution in [1.29, 1.82) is 0 Å². The van der Waals surface area contributed by atoms with Crippen LogP contribution in [-0.4, -0.2) is 46.9 Å². The lowest BCUT2D eigenvalue weighted by Gasteiger charge is -2.36. The lowest BCUT2D eigenvalue weighted by atomic mass is 10.1. The fraction of sp³-hybridized carbons (Fsp3) is 0.316. The van der Waals surface area contributed by atoms with Crippen LogP contribution in [0.25, 0.3) is 0 Å². The molecule has 0 bridgehead atoms. The van der Waals surface area contributed by atoms with Crippen LogP contribution in [0.4, 0.5) is 5.82 Å². The zero-order chi connectivity index (χ0) is 17.6. The maximum Gasteiger partial charge on any atom is 0.189 e. The van der Waals surface area contributed by atoms with Gasteiger partial charge in [0.05, 0.1) is 5.71 Å². The minimum Gasteiger partial charge on any atom is -0.353 e. The molecule has 0 atom stereocenters. The third kappa shape index (κ3) is 4.54. The molecule has 25 heavy (non-hydrogen) atoms. The molecule has 0 unspecified atom stereocenters. The number of pyridine rings is 1. The molecule has 2 aromatic rings. The Balaban J connectivity index is 1.52. The van der Waals surface area contributed by atoms with Crippen LogP contribution in [0.3, 0.4) is 0 Å². The van der Waals surface area contributed by atoms with Gasteiger partial charge in [0, 0.05) is 32.4 Å². The number of anilines is 1. The van der Waals surface area contributed by atoms with E-state index in [1.807, 2.05) is 31.3 Å². The van der Waals surface area contributed by atoms with Crippen LogP contribution in [0.15, 0.2) is 53.8 Å². The van der Waals surface area contributed by atoms with Crippen molar-refractivity contribution in [2.45, 2.75) is 13.8 Å². The highest BCUT2D eigenvalue weighted by Gasteiger charge is 2.19. The number of thiocarbonyl (C=S) groups is 1. The largest absolute Gasteiger partial charge is 0.353 e. The smallest absolute Gasteiger partial charge is 0.189 e. The molecule has 130 valence electrons. The van der Waals surface area contributed by atoms with Gasteiger partial charge in [-0.05, 0) is 43.8 Å². The van der Waals surface area contributed by atoms with Crippen LogP contribution in [0, 0.1) is 6.92 Å². The Morgan fingerprint density at radius 3 is 2.44 bits per heavy atom. The lowest BCUT2D eigenvalue weighted by molar-refractivity contribution is 0.380. The highest BCUT2D eigenvalue weighted by Crippen LogP contribution is 2.12. The Kier molecular flexibility index (Phi) is 5.60. The van der Waals surface area contributed by atoms with Gasteiger partial charge in [-0.15, -0.1) is 0 Å². The number of nitrogens with one attached hydrogen (secondary N) is 1. The monoisotopic (exact) mass is 353 g/mol. The summed E-state index contributed by atoms with van der Waals surface area (Å²) in [6, 6.07) is 14.3.